The number of thioether (sulfide) groups is 1. The van der Waals surface area contributed by atoms with Crippen molar-refractivity contribution in [3.05, 3.63) is 35.1 Å². The minimum atomic E-state index is -0.434. The molecule has 0 aromatic heterocycles. The summed E-state index contributed by atoms with van der Waals surface area (Å²) < 4.78 is 13.3. The first-order valence-corrected chi connectivity index (χ1v) is 8.07. The van der Waals surface area contributed by atoms with Crippen LogP contribution in [0.4, 0.5) is 4.39 Å². The molecule has 2 N–H and O–H groups in total. The zero-order valence-corrected chi connectivity index (χ0v) is 13.1. The predicted molar refractivity (Wildman–Crippen MR) is 84.9 cm³/mol. The van der Waals surface area contributed by atoms with Gasteiger partial charge in [-0.05, 0) is 30.9 Å². The number of benzene rings is 1. The molecule has 0 aliphatic carbocycles. The number of carbonyl (C=O) groups is 1. The second-order valence-corrected chi connectivity index (χ2v) is 5.83. The predicted octanol–water partition coefficient (Wildman–Crippen LogP) is 2.43. The Morgan fingerprint density at radius 1 is 1.52 bits per heavy atom. The Balaban J connectivity index is 2.77. The van der Waals surface area contributed by atoms with Crippen LogP contribution in [0.1, 0.15) is 35.7 Å². The Kier molecular flexibility index (Phi) is 7.88. The smallest absolute Gasteiger partial charge is 0.252 e. The van der Waals surface area contributed by atoms with E-state index in [2.05, 4.69) is 24.1 Å². The van der Waals surface area contributed by atoms with Gasteiger partial charge in [0.05, 0.1) is 12.2 Å². The lowest BCUT2D eigenvalue weighted by Crippen LogP contribution is -2.26. The highest BCUT2D eigenvalue weighted by Crippen LogP contribution is 2.12. The van der Waals surface area contributed by atoms with Gasteiger partial charge in [0, 0.05) is 23.8 Å². The van der Waals surface area contributed by atoms with E-state index >= 15 is 0 Å². The monoisotopic (exact) mass is 309 g/mol. The summed E-state index contributed by atoms with van der Waals surface area (Å²) in [6.45, 7) is 2.61. The molecule has 0 fully saturated rings. The van der Waals surface area contributed by atoms with E-state index in [-0.39, 0.29) is 12.5 Å². The summed E-state index contributed by atoms with van der Waals surface area (Å²) in [6.07, 6.45) is 3.20. The number of halogens is 1. The number of hydrogen-bond acceptors (Lipinski definition) is 3. The van der Waals surface area contributed by atoms with Gasteiger partial charge in [0.25, 0.3) is 5.91 Å². The molecule has 0 heterocycles. The summed E-state index contributed by atoms with van der Waals surface area (Å²) in [5.74, 6) is 4.75. The molecule has 1 aromatic carbocycles. The molecular weight excluding hydrogens is 289 g/mol. The largest absolute Gasteiger partial charge is 0.395 e. The van der Waals surface area contributed by atoms with E-state index in [1.165, 1.54) is 18.2 Å². The molecule has 0 saturated heterocycles. The number of rotatable bonds is 6. The summed E-state index contributed by atoms with van der Waals surface area (Å²) in [6, 6.07) is 3.92. The third-order valence-corrected chi connectivity index (χ3v) is 3.97. The zero-order valence-electron chi connectivity index (χ0n) is 12.3. The standard InChI is InChI=1S/C16H20FNO2S/c1-12(21-2)8-9-18-16(20)15-7-6-14(17)11-13(15)5-3-4-10-19/h6-7,11-12,19H,4,8-10H2,1-2H3,(H,18,20). The van der Waals surface area contributed by atoms with E-state index < -0.39 is 5.82 Å². The fourth-order valence-corrected chi connectivity index (χ4v) is 1.99. The van der Waals surface area contributed by atoms with E-state index in [4.69, 9.17) is 5.11 Å². The van der Waals surface area contributed by atoms with Crippen LogP contribution in [0, 0.1) is 17.7 Å². The number of hydrogen-bond donors (Lipinski definition) is 2. The average Bonchev–Trinajstić information content (AvgIpc) is 2.47. The lowest BCUT2D eigenvalue weighted by molar-refractivity contribution is 0.0953. The molecule has 0 aliphatic heterocycles. The second-order valence-electron chi connectivity index (χ2n) is 4.56. The minimum absolute atomic E-state index is 0.0591. The number of aliphatic hydroxyl groups is 1. The Bertz CT molecular complexity index is 537. The topological polar surface area (TPSA) is 49.3 Å². The lowest BCUT2D eigenvalue weighted by atomic mass is 10.1. The van der Waals surface area contributed by atoms with Crippen LogP contribution >= 0.6 is 11.8 Å². The van der Waals surface area contributed by atoms with Crippen LogP contribution in [-0.4, -0.2) is 35.7 Å². The Morgan fingerprint density at radius 2 is 2.29 bits per heavy atom. The number of aliphatic hydroxyl groups excluding tert-OH is 1. The van der Waals surface area contributed by atoms with E-state index in [1.54, 1.807) is 11.8 Å². The molecule has 1 rings (SSSR count). The summed E-state index contributed by atoms with van der Waals surface area (Å²) >= 11 is 1.74. The van der Waals surface area contributed by atoms with Crippen molar-refractivity contribution >= 4 is 17.7 Å². The summed E-state index contributed by atoms with van der Waals surface area (Å²) in [5.41, 5.74) is 0.706. The molecule has 1 aromatic rings. The summed E-state index contributed by atoms with van der Waals surface area (Å²) in [7, 11) is 0. The first kappa shape index (κ1) is 17.5. The van der Waals surface area contributed by atoms with Crippen molar-refractivity contribution in [2.24, 2.45) is 0 Å². The van der Waals surface area contributed by atoms with Gasteiger partial charge in [-0.1, -0.05) is 18.8 Å². The van der Waals surface area contributed by atoms with Gasteiger partial charge in [0.2, 0.25) is 0 Å². The molecule has 0 radical (unpaired) electrons. The molecule has 1 unspecified atom stereocenters. The summed E-state index contributed by atoms with van der Waals surface area (Å²) in [5, 5.41) is 12.0. The van der Waals surface area contributed by atoms with Crippen LogP contribution in [0.2, 0.25) is 0 Å². The molecule has 0 aliphatic rings. The average molecular weight is 309 g/mol. The van der Waals surface area contributed by atoms with Crippen molar-refractivity contribution in [2.45, 2.75) is 25.0 Å². The van der Waals surface area contributed by atoms with Crippen molar-refractivity contribution in [3.63, 3.8) is 0 Å². The first-order chi connectivity index (χ1) is 10.1. The van der Waals surface area contributed by atoms with Crippen LogP contribution in [0.15, 0.2) is 18.2 Å². The minimum Gasteiger partial charge on any atom is -0.395 e. The van der Waals surface area contributed by atoms with Gasteiger partial charge in [-0.15, -0.1) is 0 Å². The van der Waals surface area contributed by atoms with Crippen LogP contribution in [0.5, 0.6) is 0 Å². The van der Waals surface area contributed by atoms with Gasteiger partial charge in [0.1, 0.15) is 5.82 Å². The maximum atomic E-state index is 13.3. The van der Waals surface area contributed by atoms with Gasteiger partial charge in [-0.25, -0.2) is 4.39 Å². The quantitative estimate of drug-likeness (QED) is 0.794. The molecule has 0 saturated carbocycles. The molecule has 21 heavy (non-hydrogen) atoms. The van der Waals surface area contributed by atoms with Crippen LogP contribution in [0.3, 0.4) is 0 Å². The van der Waals surface area contributed by atoms with Gasteiger partial charge in [0.15, 0.2) is 0 Å². The van der Waals surface area contributed by atoms with Gasteiger partial charge < -0.3 is 10.4 Å². The Hall–Kier alpha value is -1.51. The highest BCUT2D eigenvalue weighted by molar-refractivity contribution is 7.99. The van der Waals surface area contributed by atoms with Crippen molar-refractivity contribution in [3.8, 4) is 11.8 Å². The third kappa shape index (κ3) is 6.19. The molecule has 1 atom stereocenters. The molecular formula is C16H20FNO2S. The van der Waals surface area contributed by atoms with E-state index in [0.29, 0.717) is 29.3 Å². The molecule has 3 nitrogen and oxygen atoms in total. The van der Waals surface area contributed by atoms with Crippen molar-refractivity contribution in [1.82, 2.24) is 5.32 Å². The highest BCUT2D eigenvalue weighted by atomic mass is 32.2. The summed E-state index contributed by atoms with van der Waals surface area (Å²) in [4.78, 5) is 12.1. The van der Waals surface area contributed by atoms with Crippen molar-refractivity contribution in [1.29, 1.82) is 0 Å². The molecule has 1 amide bonds. The van der Waals surface area contributed by atoms with Gasteiger partial charge in [-0.3, -0.25) is 4.79 Å². The Morgan fingerprint density at radius 3 is 2.95 bits per heavy atom. The molecule has 0 bridgehead atoms. The van der Waals surface area contributed by atoms with Gasteiger partial charge in [-0.2, -0.15) is 11.8 Å². The highest BCUT2D eigenvalue weighted by Gasteiger charge is 2.11. The molecule has 0 spiro atoms. The van der Waals surface area contributed by atoms with Crippen LogP contribution < -0.4 is 5.32 Å². The fourth-order valence-electron chi connectivity index (χ4n) is 1.63. The Labute approximate surface area is 129 Å². The fraction of sp³-hybridized carbons (Fsp3) is 0.438. The third-order valence-electron chi connectivity index (χ3n) is 2.92. The normalized spacial score (nSPS) is 11.4. The molecule has 114 valence electrons. The first-order valence-electron chi connectivity index (χ1n) is 6.78. The number of nitrogens with one attached hydrogen (secondary N) is 1. The maximum Gasteiger partial charge on any atom is 0.252 e. The zero-order chi connectivity index (χ0) is 15.7. The second kappa shape index (κ2) is 9.43. The van der Waals surface area contributed by atoms with Crippen molar-refractivity contribution < 1.29 is 14.3 Å². The number of amides is 1. The van der Waals surface area contributed by atoms with E-state index in [1.807, 2.05) is 6.26 Å². The van der Waals surface area contributed by atoms with Crippen LogP contribution in [-0.2, 0) is 0 Å². The SMILES string of the molecule is CSC(C)CCNC(=O)c1ccc(F)cc1C#CCCO. The number of carbonyl (C=O) groups excluding carboxylic acids is 1. The van der Waals surface area contributed by atoms with E-state index in [0.717, 1.165) is 6.42 Å². The maximum absolute atomic E-state index is 13.3. The van der Waals surface area contributed by atoms with E-state index in [9.17, 15) is 9.18 Å². The van der Waals surface area contributed by atoms with Crippen LogP contribution in [0.25, 0.3) is 0 Å². The lowest BCUT2D eigenvalue weighted by Gasteiger charge is -2.10. The molecule has 5 heteroatoms. The van der Waals surface area contributed by atoms with Gasteiger partial charge >= 0.3 is 0 Å². The van der Waals surface area contributed by atoms with Crippen molar-refractivity contribution in [2.75, 3.05) is 19.4 Å².